The molecule has 0 saturated heterocycles. The minimum Gasteiger partial charge on any atom is -0.366 e. The predicted molar refractivity (Wildman–Crippen MR) is 99.8 cm³/mol. The van der Waals surface area contributed by atoms with Crippen LogP contribution in [0.25, 0.3) is 0 Å². The number of primary amides is 1. The number of nitrogens with zero attached hydrogens (tertiary/aromatic N) is 1. The van der Waals surface area contributed by atoms with E-state index in [1.54, 1.807) is 24.3 Å². The predicted octanol–water partition coefficient (Wildman–Crippen LogP) is 3.12. The Morgan fingerprint density at radius 1 is 1.24 bits per heavy atom. The van der Waals surface area contributed by atoms with E-state index in [2.05, 4.69) is 15.0 Å². The van der Waals surface area contributed by atoms with Crippen molar-refractivity contribution in [3.63, 3.8) is 0 Å². The standard InChI is InChI=1S/C16H19ClN4O3S/c1-2-3-8-25(23,24)21-13-6-4-12(5-7-13)20-16-14(17)9-11(10-19-16)15(18)22/h4-7,9-10,21H,2-3,8H2,1H3,(H2,18,22)(H,19,20). The molecule has 0 unspecified atom stereocenters. The van der Waals surface area contributed by atoms with Gasteiger partial charge in [0, 0.05) is 17.6 Å². The molecular formula is C16H19ClN4O3S. The van der Waals surface area contributed by atoms with Gasteiger partial charge in [-0.3, -0.25) is 9.52 Å². The lowest BCUT2D eigenvalue weighted by Gasteiger charge is -2.10. The molecule has 1 aromatic heterocycles. The average Bonchev–Trinajstić information content (AvgIpc) is 2.56. The Kier molecular flexibility index (Phi) is 6.22. The molecule has 1 amide bonds. The van der Waals surface area contributed by atoms with Crippen LogP contribution in [0.2, 0.25) is 5.02 Å². The number of nitrogens with two attached hydrogens (primary N) is 1. The van der Waals surface area contributed by atoms with Gasteiger partial charge in [-0.25, -0.2) is 13.4 Å². The van der Waals surface area contributed by atoms with Crippen molar-refractivity contribution < 1.29 is 13.2 Å². The van der Waals surface area contributed by atoms with Gasteiger partial charge in [0.25, 0.3) is 0 Å². The lowest BCUT2D eigenvalue weighted by atomic mass is 10.2. The molecule has 0 aliphatic carbocycles. The summed E-state index contributed by atoms with van der Waals surface area (Å²) in [6.45, 7) is 1.94. The zero-order valence-electron chi connectivity index (χ0n) is 13.6. The van der Waals surface area contributed by atoms with Crippen LogP contribution in [-0.2, 0) is 10.0 Å². The summed E-state index contributed by atoms with van der Waals surface area (Å²) in [6, 6.07) is 8.08. The molecule has 0 fully saturated rings. The highest BCUT2D eigenvalue weighted by atomic mass is 35.5. The maximum atomic E-state index is 11.9. The van der Waals surface area contributed by atoms with Crippen molar-refractivity contribution in [1.29, 1.82) is 0 Å². The zero-order valence-corrected chi connectivity index (χ0v) is 15.2. The Bertz CT molecular complexity index is 854. The molecule has 1 heterocycles. The maximum absolute atomic E-state index is 11.9. The molecule has 2 aromatic rings. The van der Waals surface area contributed by atoms with Crippen LogP contribution in [-0.4, -0.2) is 25.1 Å². The summed E-state index contributed by atoms with van der Waals surface area (Å²) in [5.41, 5.74) is 6.53. The Morgan fingerprint density at radius 2 is 1.88 bits per heavy atom. The third-order valence-electron chi connectivity index (χ3n) is 3.31. The van der Waals surface area contributed by atoms with Crippen molar-refractivity contribution in [2.24, 2.45) is 5.73 Å². The molecule has 0 saturated carbocycles. The third-order valence-corrected chi connectivity index (χ3v) is 4.97. The first kappa shape index (κ1) is 19.0. The average molecular weight is 383 g/mol. The number of hydrogen-bond donors (Lipinski definition) is 3. The van der Waals surface area contributed by atoms with Crippen LogP contribution in [0.15, 0.2) is 36.5 Å². The summed E-state index contributed by atoms with van der Waals surface area (Å²) < 4.78 is 26.3. The lowest BCUT2D eigenvalue weighted by Crippen LogP contribution is -2.16. The second kappa shape index (κ2) is 8.17. The molecule has 4 N–H and O–H groups in total. The first-order valence-electron chi connectivity index (χ1n) is 7.63. The number of pyridine rings is 1. The highest BCUT2D eigenvalue weighted by molar-refractivity contribution is 7.92. The number of unbranched alkanes of at least 4 members (excludes halogenated alkanes) is 1. The van der Waals surface area contributed by atoms with Crippen LogP contribution >= 0.6 is 11.6 Å². The molecule has 0 aliphatic rings. The summed E-state index contributed by atoms with van der Waals surface area (Å²) >= 11 is 6.07. The normalized spacial score (nSPS) is 11.1. The monoisotopic (exact) mass is 382 g/mol. The quantitative estimate of drug-likeness (QED) is 0.648. The first-order chi connectivity index (χ1) is 11.8. The molecular weight excluding hydrogens is 364 g/mol. The van der Waals surface area contributed by atoms with Crippen LogP contribution < -0.4 is 15.8 Å². The van der Waals surface area contributed by atoms with Crippen LogP contribution in [0, 0.1) is 0 Å². The van der Waals surface area contributed by atoms with E-state index in [1.807, 2.05) is 6.92 Å². The second-order valence-electron chi connectivity index (χ2n) is 5.40. The van der Waals surface area contributed by atoms with Crippen molar-refractivity contribution in [3.05, 3.63) is 47.1 Å². The molecule has 0 radical (unpaired) electrons. The molecule has 0 spiro atoms. The highest BCUT2D eigenvalue weighted by Crippen LogP contribution is 2.25. The molecule has 9 heteroatoms. The van der Waals surface area contributed by atoms with Gasteiger partial charge in [0.2, 0.25) is 15.9 Å². The fraction of sp³-hybridized carbons (Fsp3) is 0.250. The van der Waals surface area contributed by atoms with Crippen LogP contribution in [0.3, 0.4) is 0 Å². The van der Waals surface area contributed by atoms with Gasteiger partial charge >= 0.3 is 0 Å². The van der Waals surface area contributed by atoms with Gasteiger partial charge in [-0.2, -0.15) is 0 Å². The maximum Gasteiger partial charge on any atom is 0.250 e. The first-order valence-corrected chi connectivity index (χ1v) is 9.66. The molecule has 2 rings (SSSR count). The van der Waals surface area contributed by atoms with E-state index < -0.39 is 15.9 Å². The van der Waals surface area contributed by atoms with Gasteiger partial charge < -0.3 is 11.1 Å². The van der Waals surface area contributed by atoms with Crippen molar-refractivity contribution in [3.8, 4) is 0 Å². The number of carbonyl (C=O) groups is 1. The van der Waals surface area contributed by atoms with E-state index in [9.17, 15) is 13.2 Å². The molecule has 0 atom stereocenters. The van der Waals surface area contributed by atoms with E-state index in [4.69, 9.17) is 17.3 Å². The Hall–Kier alpha value is -2.32. The summed E-state index contributed by atoms with van der Waals surface area (Å²) in [5.74, 6) is -0.154. The van der Waals surface area contributed by atoms with Crippen molar-refractivity contribution >= 4 is 44.7 Å². The minimum absolute atomic E-state index is 0.0925. The van der Waals surface area contributed by atoms with Gasteiger partial charge in [-0.15, -0.1) is 0 Å². The molecule has 25 heavy (non-hydrogen) atoms. The van der Waals surface area contributed by atoms with Gasteiger partial charge in [0.15, 0.2) is 0 Å². The molecule has 134 valence electrons. The minimum atomic E-state index is -3.34. The SMILES string of the molecule is CCCCS(=O)(=O)Nc1ccc(Nc2ncc(C(N)=O)cc2Cl)cc1. The number of aromatic nitrogens is 1. The fourth-order valence-electron chi connectivity index (χ4n) is 1.99. The van der Waals surface area contributed by atoms with Crippen molar-refractivity contribution in [2.75, 3.05) is 15.8 Å². The van der Waals surface area contributed by atoms with E-state index in [0.29, 0.717) is 23.6 Å². The van der Waals surface area contributed by atoms with Gasteiger partial charge in [-0.05, 0) is 36.8 Å². The second-order valence-corrected chi connectivity index (χ2v) is 7.64. The van der Waals surface area contributed by atoms with Gasteiger partial charge in [0.05, 0.1) is 16.3 Å². The van der Waals surface area contributed by atoms with Crippen LogP contribution in [0.4, 0.5) is 17.2 Å². The Labute approximate surface area is 151 Å². The summed E-state index contributed by atoms with van der Waals surface area (Å²) in [5, 5.41) is 3.24. The molecule has 0 aliphatic heterocycles. The van der Waals surface area contributed by atoms with Crippen LogP contribution in [0.5, 0.6) is 0 Å². The number of halogens is 1. The van der Waals surface area contributed by atoms with Crippen molar-refractivity contribution in [2.45, 2.75) is 19.8 Å². The Balaban J connectivity index is 2.07. The molecule has 0 bridgehead atoms. The number of amides is 1. The van der Waals surface area contributed by atoms with Gasteiger partial charge in [0.1, 0.15) is 5.82 Å². The largest absolute Gasteiger partial charge is 0.366 e. The number of sulfonamides is 1. The summed E-state index contributed by atoms with van der Waals surface area (Å²) in [7, 11) is -3.34. The number of rotatable bonds is 8. The van der Waals surface area contributed by atoms with E-state index >= 15 is 0 Å². The lowest BCUT2D eigenvalue weighted by molar-refractivity contribution is 0.1000. The third kappa shape index (κ3) is 5.61. The highest BCUT2D eigenvalue weighted by Gasteiger charge is 2.10. The number of carbonyl (C=O) groups excluding carboxylic acids is 1. The zero-order chi connectivity index (χ0) is 18.4. The number of nitrogens with one attached hydrogen (secondary N) is 2. The fourth-order valence-corrected chi connectivity index (χ4v) is 3.47. The number of benzene rings is 1. The smallest absolute Gasteiger partial charge is 0.250 e. The summed E-state index contributed by atoms with van der Waals surface area (Å²) in [4.78, 5) is 15.1. The Morgan fingerprint density at radius 3 is 2.44 bits per heavy atom. The number of anilines is 3. The van der Waals surface area contributed by atoms with Gasteiger partial charge in [-0.1, -0.05) is 24.9 Å². The van der Waals surface area contributed by atoms with E-state index in [1.165, 1.54) is 12.3 Å². The topological polar surface area (TPSA) is 114 Å². The van der Waals surface area contributed by atoms with E-state index in [-0.39, 0.29) is 16.3 Å². The molecule has 1 aromatic carbocycles. The summed E-state index contributed by atoms with van der Waals surface area (Å²) in [6.07, 6.45) is 2.75. The van der Waals surface area contributed by atoms with Crippen molar-refractivity contribution in [1.82, 2.24) is 4.98 Å². The molecule has 7 nitrogen and oxygen atoms in total. The number of hydrogen-bond acceptors (Lipinski definition) is 5. The van der Waals surface area contributed by atoms with Crippen LogP contribution in [0.1, 0.15) is 30.1 Å². The van der Waals surface area contributed by atoms with E-state index in [0.717, 1.165) is 6.42 Å².